The van der Waals surface area contributed by atoms with Gasteiger partial charge in [-0.15, -0.1) is 0 Å². The van der Waals surface area contributed by atoms with E-state index in [1.807, 2.05) is 41.1 Å². The SMILES string of the molecule is CC(C)(N)[C@H](N[C@H]1CCc2cc(C#Cc3ccc(Cn4ccnc4CO)cc3)ccc21)C(=O)NO. The molecule has 8 nitrogen and oxygen atoms in total. The second-order valence-electron chi connectivity index (χ2n) is 9.48. The van der Waals surface area contributed by atoms with Crippen LogP contribution in [0.15, 0.2) is 54.9 Å². The van der Waals surface area contributed by atoms with Crippen molar-refractivity contribution in [3.8, 4) is 11.8 Å². The first-order valence-electron chi connectivity index (χ1n) is 11.6. The number of nitrogens with one attached hydrogen (secondary N) is 2. The number of amides is 1. The molecule has 0 unspecified atom stereocenters. The van der Waals surface area contributed by atoms with Gasteiger partial charge in [-0.3, -0.25) is 15.3 Å². The smallest absolute Gasteiger partial charge is 0.262 e. The van der Waals surface area contributed by atoms with Crippen molar-refractivity contribution >= 4 is 5.91 Å². The summed E-state index contributed by atoms with van der Waals surface area (Å²) in [5, 5.41) is 21.8. The lowest BCUT2D eigenvalue weighted by Gasteiger charge is -2.32. The Morgan fingerprint density at radius 3 is 2.63 bits per heavy atom. The fraction of sp³-hybridized carbons (Fsp3) is 0.333. The van der Waals surface area contributed by atoms with E-state index in [-0.39, 0.29) is 12.6 Å². The highest BCUT2D eigenvalue weighted by Gasteiger charge is 2.35. The molecule has 1 aromatic heterocycles. The van der Waals surface area contributed by atoms with Crippen LogP contribution in [0.3, 0.4) is 0 Å². The second kappa shape index (κ2) is 10.4. The van der Waals surface area contributed by atoms with Gasteiger partial charge in [0.05, 0.1) is 0 Å². The van der Waals surface area contributed by atoms with Gasteiger partial charge in [-0.25, -0.2) is 10.5 Å². The molecule has 3 aromatic rings. The normalized spacial score (nSPS) is 15.7. The number of hydrogen-bond donors (Lipinski definition) is 5. The zero-order valence-corrected chi connectivity index (χ0v) is 20.0. The molecule has 2 atom stereocenters. The number of benzene rings is 2. The predicted octanol–water partition coefficient (Wildman–Crippen LogP) is 2.01. The van der Waals surface area contributed by atoms with Crippen molar-refractivity contribution in [3.05, 3.63) is 88.5 Å². The van der Waals surface area contributed by atoms with Gasteiger partial charge in [-0.1, -0.05) is 30.0 Å². The summed E-state index contributed by atoms with van der Waals surface area (Å²) in [5.41, 5.74) is 12.3. The van der Waals surface area contributed by atoms with Gasteiger partial charge >= 0.3 is 0 Å². The maximum Gasteiger partial charge on any atom is 0.262 e. The van der Waals surface area contributed by atoms with Gasteiger partial charge in [0, 0.05) is 41.6 Å². The first-order chi connectivity index (χ1) is 16.8. The lowest BCUT2D eigenvalue weighted by molar-refractivity contribution is -0.133. The standard InChI is InChI=1S/C27H31N5O3/c1-27(2,28)25(26(34)31-35)30-23-12-10-21-15-19(9-11-22(21)23)6-3-18-4-7-20(8-5-18)16-32-14-13-29-24(32)17-33/h4-5,7-9,11,13-15,23,25,30,33,35H,10,12,16-17,28H2,1-2H3,(H,31,34)/t23-,25+/m0/s1. The number of aryl methyl sites for hydroxylation is 1. The van der Waals surface area contributed by atoms with E-state index in [1.54, 1.807) is 25.5 Å². The van der Waals surface area contributed by atoms with E-state index < -0.39 is 17.5 Å². The molecule has 8 heteroatoms. The Morgan fingerprint density at radius 2 is 1.94 bits per heavy atom. The van der Waals surface area contributed by atoms with E-state index in [0.29, 0.717) is 12.4 Å². The van der Waals surface area contributed by atoms with E-state index in [4.69, 9.17) is 10.9 Å². The fourth-order valence-corrected chi connectivity index (χ4v) is 4.43. The third-order valence-corrected chi connectivity index (χ3v) is 6.31. The molecule has 0 radical (unpaired) electrons. The third-order valence-electron chi connectivity index (χ3n) is 6.31. The van der Waals surface area contributed by atoms with Gasteiger partial charge in [0.1, 0.15) is 18.5 Å². The Bertz CT molecular complexity index is 1250. The number of imidazole rings is 1. The Labute approximate surface area is 205 Å². The number of carbonyl (C=O) groups is 1. The molecule has 1 amide bonds. The van der Waals surface area contributed by atoms with Crippen LogP contribution >= 0.6 is 0 Å². The number of nitrogens with zero attached hydrogens (tertiary/aromatic N) is 2. The quantitative estimate of drug-likeness (QED) is 0.203. The Balaban J connectivity index is 1.44. The molecule has 0 fully saturated rings. The monoisotopic (exact) mass is 473 g/mol. The number of hydroxylamine groups is 1. The van der Waals surface area contributed by atoms with Crippen molar-refractivity contribution in [2.45, 2.75) is 57.5 Å². The van der Waals surface area contributed by atoms with Gasteiger partial charge in [0.25, 0.3) is 5.91 Å². The number of carbonyl (C=O) groups excluding carboxylic acids is 1. The third kappa shape index (κ3) is 5.78. The summed E-state index contributed by atoms with van der Waals surface area (Å²) in [7, 11) is 0. The zero-order valence-electron chi connectivity index (χ0n) is 20.0. The van der Waals surface area contributed by atoms with Crippen LogP contribution in [0.4, 0.5) is 0 Å². The summed E-state index contributed by atoms with van der Waals surface area (Å²) in [6, 6.07) is 13.4. The van der Waals surface area contributed by atoms with Crippen molar-refractivity contribution in [2.75, 3.05) is 0 Å². The number of aromatic nitrogens is 2. The van der Waals surface area contributed by atoms with Crippen LogP contribution < -0.4 is 16.5 Å². The molecule has 6 N–H and O–H groups in total. The van der Waals surface area contributed by atoms with Crippen molar-refractivity contribution in [3.63, 3.8) is 0 Å². The average molecular weight is 474 g/mol. The molecule has 2 aromatic carbocycles. The van der Waals surface area contributed by atoms with Crippen molar-refractivity contribution in [1.29, 1.82) is 0 Å². The van der Waals surface area contributed by atoms with Crippen LogP contribution in [0.1, 0.15) is 60.0 Å². The number of fused-ring (bicyclic) bond motifs is 1. The molecule has 0 saturated carbocycles. The Morgan fingerprint density at radius 1 is 1.23 bits per heavy atom. The number of hydrogen-bond acceptors (Lipinski definition) is 6. The van der Waals surface area contributed by atoms with Gasteiger partial charge in [0.15, 0.2) is 0 Å². The van der Waals surface area contributed by atoms with Gasteiger partial charge in [0.2, 0.25) is 0 Å². The Kier molecular flexibility index (Phi) is 7.34. The van der Waals surface area contributed by atoms with Crippen LogP contribution in [0, 0.1) is 11.8 Å². The van der Waals surface area contributed by atoms with Gasteiger partial charge < -0.3 is 15.4 Å². The molecule has 182 valence electrons. The van der Waals surface area contributed by atoms with Gasteiger partial charge in [-0.05, 0) is 67.6 Å². The minimum absolute atomic E-state index is 0.0217. The van der Waals surface area contributed by atoms with Crippen LogP contribution in [0.5, 0.6) is 0 Å². The minimum atomic E-state index is -0.837. The van der Waals surface area contributed by atoms with E-state index in [2.05, 4.69) is 34.3 Å². The van der Waals surface area contributed by atoms with E-state index in [1.165, 1.54) is 5.56 Å². The largest absolute Gasteiger partial charge is 0.388 e. The molecule has 0 aliphatic heterocycles. The van der Waals surface area contributed by atoms with Crippen molar-refractivity contribution in [1.82, 2.24) is 20.3 Å². The van der Waals surface area contributed by atoms with Crippen LogP contribution in [0.2, 0.25) is 0 Å². The highest BCUT2D eigenvalue weighted by atomic mass is 16.5. The maximum absolute atomic E-state index is 12.1. The zero-order chi connectivity index (χ0) is 25.0. The fourth-order valence-electron chi connectivity index (χ4n) is 4.43. The lowest BCUT2D eigenvalue weighted by Crippen LogP contribution is -2.60. The average Bonchev–Trinajstić information content (AvgIpc) is 3.47. The molecule has 0 saturated heterocycles. The van der Waals surface area contributed by atoms with Crippen LogP contribution in [0.25, 0.3) is 0 Å². The summed E-state index contributed by atoms with van der Waals surface area (Å²) < 4.78 is 1.92. The summed E-state index contributed by atoms with van der Waals surface area (Å²) in [4.78, 5) is 16.3. The molecule has 1 heterocycles. The number of aliphatic hydroxyl groups excluding tert-OH is 1. The van der Waals surface area contributed by atoms with E-state index in [9.17, 15) is 9.90 Å². The maximum atomic E-state index is 12.1. The summed E-state index contributed by atoms with van der Waals surface area (Å²) in [6.45, 7) is 4.07. The van der Waals surface area contributed by atoms with Crippen molar-refractivity contribution < 1.29 is 15.1 Å². The van der Waals surface area contributed by atoms with Gasteiger partial charge in [-0.2, -0.15) is 0 Å². The first-order valence-corrected chi connectivity index (χ1v) is 11.6. The van der Waals surface area contributed by atoms with E-state index in [0.717, 1.165) is 35.1 Å². The molecule has 0 bridgehead atoms. The molecule has 1 aliphatic rings. The number of rotatable bonds is 7. The first kappa shape index (κ1) is 24.6. The molecule has 0 spiro atoms. The topological polar surface area (TPSA) is 125 Å². The van der Waals surface area contributed by atoms with E-state index >= 15 is 0 Å². The lowest BCUT2D eigenvalue weighted by atomic mass is 9.93. The molecular weight excluding hydrogens is 442 g/mol. The molecule has 1 aliphatic carbocycles. The summed E-state index contributed by atoms with van der Waals surface area (Å²) in [5.74, 6) is 6.57. The highest BCUT2D eigenvalue weighted by Crippen LogP contribution is 2.32. The summed E-state index contributed by atoms with van der Waals surface area (Å²) in [6.07, 6.45) is 5.25. The molecular formula is C27H31N5O3. The van der Waals surface area contributed by atoms with Crippen molar-refractivity contribution in [2.24, 2.45) is 5.73 Å². The number of nitrogens with two attached hydrogens (primary N) is 1. The Hall–Kier alpha value is -3.48. The van der Waals surface area contributed by atoms with Crippen LogP contribution in [-0.4, -0.2) is 37.4 Å². The second-order valence-corrected chi connectivity index (χ2v) is 9.48. The van der Waals surface area contributed by atoms with Crippen LogP contribution in [-0.2, 0) is 24.4 Å². The molecule has 35 heavy (non-hydrogen) atoms. The highest BCUT2D eigenvalue weighted by molar-refractivity contribution is 5.82. The number of aliphatic hydroxyl groups is 1. The summed E-state index contributed by atoms with van der Waals surface area (Å²) >= 11 is 0. The minimum Gasteiger partial charge on any atom is -0.388 e. The molecule has 4 rings (SSSR count). The predicted molar refractivity (Wildman–Crippen MR) is 132 cm³/mol.